The third-order valence-electron chi connectivity index (χ3n) is 1.01. The van der Waals surface area contributed by atoms with Crippen molar-refractivity contribution in [3.8, 4) is 0 Å². The summed E-state index contributed by atoms with van der Waals surface area (Å²) in [5.74, 6) is 3.74. The lowest BCUT2D eigenvalue weighted by Gasteiger charge is -2.01. The van der Waals surface area contributed by atoms with Crippen LogP contribution in [0.2, 0.25) is 0 Å². The fourth-order valence-electron chi connectivity index (χ4n) is 0.421. The molecule has 81 valence electrons. The maximum absolute atomic E-state index is 10.8. The quantitative estimate of drug-likeness (QED) is 0.218. The molecule has 0 aromatic rings. The van der Waals surface area contributed by atoms with E-state index in [1.807, 2.05) is 0 Å². The SMILES string of the molecule is C=C(C)C(=O)OCCO[S+]([O])(=O)ON. The zero-order valence-electron chi connectivity index (χ0n) is 7.56. The smallest absolute Gasteiger partial charge is 0.460 e. The highest BCUT2D eigenvalue weighted by Gasteiger charge is 2.32. The molecule has 14 heavy (non-hydrogen) atoms. The molecule has 0 aliphatic carbocycles. The number of hydrogen-bond donors (Lipinski definition) is 1. The zero-order chi connectivity index (χ0) is 11.2. The van der Waals surface area contributed by atoms with Crippen molar-refractivity contribution in [2.24, 2.45) is 5.90 Å². The highest BCUT2D eigenvalue weighted by atomic mass is 32.3. The van der Waals surface area contributed by atoms with E-state index in [-0.39, 0.29) is 18.8 Å². The van der Waals surface area contributed by atoms with Gasteiger partial charge < -0.3 is 4.74 Å². The number of nitrogens with two attached hydrogens (primary N) is 1. The fraction of sp³-hybridized carbons (Fsp3) is 0.500. The van der Waals surface area contributed by atoms with E-state index in [0.29, 0.717) is 0 Å². The molecule has 1 atom stereocenters. The van der Waals surface area contributed by atoms with Crippen molar-refractivity contribution in [2.45, 2.75) is 6.92 Å². The van der Waals surface area contributed by atoms with Crippen LogP contribution < -0.4 is 5.90 Å². The van der Waals surface area contributed by atoms with Gasteiger partial charge in [0.2, 0.25) is 0 Å². The topological polar surface area (TPSA) is 108 Å². The maximum Gasteiger partial charge on any atom is 0.564 e. The van der Waals surface area contributed by atoms with E-state index in [4.69, 9.17) is 0 Å². The van der Waals surface area contributed by atoms with Crippen LogP contribution in [0.25, 0.3) is 0 Å². The summed E-state index contributed by atoms with van der Waals surface area (Å²) in [7, 11) is -4.17. The summed E-state index contributed by atoms with van der Waals surface area (Å²) in [4.78, 5) is 10.8. The van der Waals surface area contributed by atoms with Gasteiger partial charge in [0.05, 0.1) is 0 Å². The van der Waals surface area contributed by atoms with E-state index in [1.165, 1.54) is 6.92 Å². The largest absolute Gasteiger partial charge is 0.564 e. The number of hydrogen-bond acceptors (Lipinski definition) is 6. The second-order valence-electron chi connectivity index (χ2n) is 2.24. The molecule has 0 saturated heterocycles. The predicted molar refractivity (Wildman–Crippen MR) is 45.7 cm³/mol. The third kappa shape index (κ3) is 5.78. The van der Waals surface area contributed by atoms with E-state index in [9.17, 15) is 13.6 Å². The average Bonchev–Trinajstić information content (AvgIpc) is 2.12. The van der Waals surface area contributed by atoms with Gasteiger partial charge in [0, 0.05) is 9.78 Å². The van der Waals surface area contributed by atoms with Crippen molar-refractivity contribution in [3.05, 3.63) is 12.2 Å². The lowest BCUT2D eigenvalue weighted by Crippen LogP contribution is -2.22. The van der Waals surface area contributed by atoms with Crippen LogP contribution in [-0.4, -0.2) is 19.2 Å². The summed E-state index contributed by atoms with van der Waals surface area (Å²) < 4.78 is 33.0. The Morgan fingerprint density at radius 3 is 2.50 bits per heavy atom. The van der Waals surface area contributed by atoms with Crippen molar-refractivity contribution in [1.29, 1.82) is 0 Å². The molecule has 0 amide bonds. The molecule has 0 rings (SSSR count). The van der Waals surface area contributed by atoms with Crippen molar-refractivity contribution >= 4 is 16.7 Å². The highest BCUT2D eigenvalue weighted by molar-refractivity contribution is 7.88. The Labute approximate surface area is 82.4 Å². The van der Waals surface area contributed by atoms with Gasteiger partial charge in [-0.05, 0) is 11.2 Å². The Balaban J connectivity index is 3.62. The fourth-order valence-corrected chi connectivity index (χ4v) is 0.749. The van der Waals surface area contributed by atoms with Gasteiger partial charge in [-0.15, -0.1) is 4.18 Å². The van der Waals surface area contributed by atoms with E-state index in [0.717, 1.165) is 0 Å². The molecular weight excluding hydrogens is 214 g/mol. The Hall–Kier alpha value is -0.800. The first kappa shape index (κ1) is 13.2. The molecule has 8 heteroatoms. The van der Waals surface area contributed by atoms with Crippen molar-refractivity contribution in [2.75, 3.05) is 13.2 Å². The van der Waals surface area contributed by atoms with Crippen LogP contribution in [0.5, 0.6) is 0 Å². The van der Waals surface area contributed by atoms with Gasteiger partial charge in [-0.3, -0.25) is 0 Å². The van der Waals surface area contributed by atoms with Crippen LogP contribution in [0.4, 0.5) is 0 Å². The van der Waals surface area contributed by atoms with E-state index in [1.54, 1.807) is 0 Å². The summed E-state index contributed by atoms with van der Waals surface area (Å²) in [5.41, 5.74) is 0.211. The van der Waals surface area contributed by atoms with Crippen molar-refractivity contribution in [3.63, 3.8) is 0 Å². The Bertz CT molecular complexity index is 265. The van der Waals surface area contributed by atoms with Gasteiger partial charge in [-0.1, -0.05) is 6.58 Å². The molecule has 0 spiro atoms. The summed E-state index contributed by atoms with van der Waals surface area (Å²) in [6.07, 6.45) is 0. The van der Waals surface area contributed by atoms with E-state index < -0.39 is 16.7 Å². The monoisotopic (exact) mass is 225 g/mol. The molecule has 1 unspecified atom stereocenters. The van der Waals surface area contributed by atoms with Crippen LogP contribution in [0.1, 0.15) is 6.92 Å². The first-order valence-electron chi connectivity index (χ1n) is 3.49. The van der Waals surface area contributed by atoms with Crippen LogP contribution in [0.15, 0.2) is 12.2 Å². The average molecular weight is 225 g/mol. The van der Waals surface area contributed by atoms with Crippen LogP contribution in [-0.2, 0) is 37.5 Å². The maximum atomic E-state index is 10.8. The normalized spacial score (nSPS) is 14.5. The van der Waals surface area contributed by atoms with Crippen LogP contribution in [0.3, 0.4) is 0 Å². The minimum absolute atomic E-state index is 0.211. The van der Waals surface area contributed by atoms with Gasteiger partial charge in [-0.2, -0.15) is 5.90 Å². The Kier molecular flexibility index (Phi) is 5.50. The lowest BCUT2D eigenvalue weighted by molar-refractivity contribution is -0.139. The van der Waals surface area contributed by atoms with Gasteiger partial charge in [0.25, 0.3) is 0 Å². The second kappa shape index (κ2) is 5.83. The first-order valence-corrected chi connectivity index (χ1v) is 4.82. The summed E-state index contributed by atoms with van der Waals surface area (Å²) in [6, 6.07) is 0. The zero-order valence-corrected chi connectivity index (χ0v) is 8.37. The molecule has 0 fully saturated rings. The Morgan fingerprint density at radius 1 is 1.50 bits per heavy atom. The minimum atomic E-state index is -4.17. The number of rotatable bonds is 6. The standard InChI is InChI=1S/C6H11NO6S/c1-5(2)6(8)11-3-4-12-14(9,10)13-7/h1,3-4,7H2,2H3/q+1. The third-order valence-corrected chi connectivity index (χ3v) is 1.70. The molecule has 2 N–H and O–H groups in total. The molecule has 7 nitrogen and oxygen atoms in total. The van der Waals surface area contributed by atoms with E-state index >= 15 is 0 Å². The summed E-state index contributed by atoms with van der Waals surface area (Å²) in [5, 5.41) is 0. The molecule has 0 heterocycles. The van der Waals surface area contributed by atoms with Gasteiger partial charge >= 0.3 is 16.7 Å². The van der Waals surface area contributed by atoms with Crippen molar-refractivity contribution in [1.82, 2.24) is 0 Å². The number of ether oxygens (including phenoxy) is 1. The van der Waals surface area contributed by atoms with E-state index in [2.05, 4.69) is 25.7 Å². The predicted octanol–water partition coefficient (Wildman–Crippen LogP) is -0.312. The molecule has 0 aliphatic heterocycles. The Morgan fingerprint density at radius 2 is 2.07 bits per heavy atom. The molecule has 0 aromatic carbocycles. The molecule has 0 aromatic heterocycles. The minimum Gasteiger partial charge on any atom is -0.460 e. The molecular formula is C6H11NO6S+. The van der Waals surface area contributed by atoms with Gasteiger partial charge in [0.1, 0.15) is 17.8 Å². The van der Waals surface area contributed by atoms with Gasteiger partial charge in [-0.25, -0.2) is 4.79 Å². The first-order chi connectivity index (χ1) is 6.39. The summed E-state index contributed by atoms with van der Waals surface area (Å²) >= 11 is 0. The van der Waals surface area contributed by atoms with Crippen molar-refractivity contribution < 1.29 is 26.8 Å². The number of esters is 1. The molecule has 0 bridgehead atoms. The number of carbonyl (C=O) groups is 1. The number of carbonyl (C=O) groups excluding carboxylic acids is 1. The lowest BCUT2D eigenvalue weighted by atomic mass is 10.4. The summed E-state index contributed by atoms with van der Waals surface area (Å²) in [6.45, 7) is 4.19. The van der Waals surface area contributed by atoms with Crippen LogP contribution >= 0.6 is 0 Å². The molecule has 0 saturated carbocycles. The highest BCUT2D eigenvalue weighted by Crippen LogP contribution is 2.01. The second-order valence-corrected chi connectivity index (χ2v) is 3.49. The molecule has 0 aliphatic rings. The van der Waals surface area contributed by atoms with Crippen LogP contribution in [0, 0.1) is 0 Å². The van der Waals surface area contributed by atoms with Gasteiger partial charge in [0.15, 0.2) is 0 Å². The molecule has 1 radical (unpaired) electrons.